The topological polar surface area (TPSA) is 55.1 Å². The Morgan fingerprint density at radius 2 is 2.24 bits per heavy atom. The number of amides is 1. The number of hydrogen-bond acceptors (Lipinski definition) is 3. The highest BCUT2D eigenvalue weighted by atomic mass is 32.2. The van der Waals surface area contributed by atoms with E-state index in [0.717, 1.165) is 10.6 Å². The predicted molar refractivity (Wildman–Crippen MR) is 72.4 cm³/mol. The van der Waals surface area contributed by atoms with Crippen molar-refractivity contribution in [3.8, 4) is 0 Å². The van der Waals surface area contributed by atoms with Crippen LogP contribution in [0, 0.1) is 5.92 Å². The second-order valence-electron chi connectivity index (χ2n) is 4.68. The van der Waals surface area contributed by atoms with Crippen LogP contribution in [0.3, 0.4) is 0 Å². The lowest BCUT2D eigenvalue weighted by molar-refractivity contribution is -0.113. The van der Waals surface area contributed by atoms with Crippen LogP contribution >= 0.6 is 11.8 Å². The molecule has 1 aromatic rings. The molecule has 0 aromatic heterocycles. The average Bonchev–Trinajstić information content (AvgIpc) is 2.29. The van der Waals surface area contributed by atoms with Crippen molar-refractivity contribution in [2.24, 2.45) is 11.7 Å². The minimum Gasteiger partial charge on any atom is -0.330 e. The highest BCUT2D eigenvalue weighted by molar-refractivity contribution is 8.00. The molecule has 1 amide bonds. The normalized spacial score (nSPS) is 16.6. The summed E-state index contributed by atoms with van der Waals surface area (Å²) in [5.41, 5.74) is 7.96. The van der Waals surface area contributed by atoms with Gasteiger partial charge in [0.1, 0.15) is 0 Å². The molecule has 1 aliphatic heterocycles. The molecule has 0 spiro atoms. The minimum atomic E-state index is 0.0773. The number of fused-ring (bicyclic) bond motifs is 1. The van der Waals surface area contributed by atoms with Crippen LogP contribution in [0.15, 0.2) is 23.1 Å². The molecule has 92 valence electrons. The van der Waals surface area contributed by atoms with Crippen molar-refractivity contribution >= 4 is 23.4 Å². The first kappa shape index (κ1) is 12.5. The fourth-order valence-electron chi connectivity index (χ4n) is 2.12. The molecule has 3 nitrogen and oxygen atoms in total. The third-order valence-electron chi connectivity index (χ3n) is 3.12. The summed E-state index contributed by atoms with van der Waals surface area (Å²) in [5.74, 6) is 1.44. The van der Waals surface area contributed by atoms with E-state index in [9.17, 15) is 4.79 Å². The van der Waals surface area contributed by atoms with Gasteiger partial charge in [0.15, 0.2) is 0 Å². The lowest BCUT2D eigenvalue weighted by Crippen LogP contribution is -2.21. The van der Waals surface area contributed by atoms with E-state index >= 15 is 0 Å². The third kappa shape index (κ3) is 2.64. The van der Waals surface area contributed by atoms with Crippen LogP contribution < -0.4 is 11.1 Å². The van der Waals surface area contributed by atoms with Crippen LogP contribution in [-0.2, 0) is 4.79 Å². The van der Waals surface area contributed by atoms with Crippen molar-refractivity contribution in [2.45, 2.75) is 24.7 Å². The first-order chi connectivity index (χ1) is 8.11. The van der Waals surface area contributed by atoms with Gasteiger partial charge in [0, 0.05) is 4.90 Å². The highest BCUT2D eigenvalue weighted by Crippen LogP contribution is 2.35. The molecule has 0 radical (unpaired) electrons. The summed E-state index contributed by atoms with van der Waals surface area (Å²) in [6, 6.07) is 6.28. The smallest absolute Gasteiger partial charge is 0.234 e. The van der Waals surface area contributed by atoms with E-state index < -0.39 is 0 Å². The summed E-state index contributed by atoms with van der Waals surface area (Å²) in [7, 11) is 0. The lowest BCUT2D eigenvalue weighted by atomic mass is 9.88. The third-order valence-corrected chi connectivity index (χ3v) is 4.20. The number of anilines is 1. The van der Waals surface area contributed by atoms with Crippen LogP contribution in [-0.4, -0.2) is 18.2 Å². The number of hydrogen-bond donors (Lipinski definition) is 2. The van der Waals surface area contributed by atoms with Gasteiger partial charge in [0.25, 0.3) is 0 Å². The van der Waals surface area contributed by atoms with Crippen molar-refractivity contribution in [3.63, 3.8) is 0 Å². The minimum absolute atomic E-state index is 0.0773. The Hall–Kier alpha value is -1.000. The number of benzene rings is 1. The van der Waals surface area contributed by atoms with Gasteiger partial charge in [-0.05, 0) is 36.1 Å². The zero-order valence-electron chi connectivity index (χ0n) is 10.2. The van der Waals surface area contributed by atoms with Crippen LogP contribution in [0.2, 0.25) is 0 Å². The first-order valence-corrected chi connectivity index (χ1v) is 6.87. The molecule has 0 saturated carbocycles. The van der Waals surface area contributed by atoms with E-state index in [1.165, 1.54) is 5.56 Å². The fourth-order valence-corrected chi connectivity index (χ4v) is 2.91. The summed E-state index contributed by atoms with van der Waals surface area (Å²) < 4.78 is 0. The summed E-state index contributed by atoms with van der Waals surface area (Å²) in [6.07, 6.45) is 0. The van der Waals surface area contributed by atoms with Crippen molar-refractivity contribution < 1.29 is 4.79 Å². The van der Waals surface area contributed by atoms with Gasteiger partial charge < -0.3 is 11.1 Å². The van der Waals surface area contributed by atoms with Crippen LogP contribution in [0.5, 0.6) is 0 Å². The van der Waals surface area contributed by atoms with Gasteiger partial charge in [-0.25, -0.2) is 0 Å². The Kier molecular flexibility index (Phi) is 3.74. The first-order valence-electron chi connectivity index (χ1n) is 5.88. The van der Waals surface area contributed by atoms with Gasteiger partial charge in [-0.1, -0.05) is 19.9 Å². The molecular formula is C13H18N2OS. The summed E-state index contributed by atoms with van der Waals surface area (Å²) in [6.45, 7) is 4.98. The Morgan fingerprint density at radius 1 is 1.47 bits per heavy atom. The molecule has 1 heterocycles. The van der Waals surface area contributed by atoms with Gasteiger partial charge in [0.05, 0.1) is 11.4 Å². The van der Waals surface area contributed by atoms with Crippen LogP contribution in [0.4, 0.5) is 5.69 Å². The summed E-state index contributed by atoms with van der Waals surface area (Å²) in [4.78, 5) is 12.5. The fraction of sp³-hybridized carbons (Fsp3) is 0.462. The Bertz CT molecular complexity index is 431. The molecule has 1 aliphatic rings. The van der Waals surface area contributed by atoms with Crippen LogP contribution in [0.25, 0.3) is 0 Å². The molecule has 1 aromatic carbocycles. The van der Waals surface area contributed by atoms with Crippen molar-refractivity contribution in [3.05, 3.63) is 23.8 Å². The standard InChI is InChI=1S/C13H18N2OS/c1-8(2)10(6-14)9-3-4-12-11(5-9)15-13(16)7-17-12/h3-5,8,10H,6-7,14H2,1-2H3,(H,15,16). The van der Waals surface area contributed by atoms with Crippen molar-refractivity contribution in [1.29, 1.82) is 0 Å². The number of carbonyl (C=O) groups excluding carboxylic acids is 1. The van der Waals surface area contributed by atoms with E-state index in [2.05, 4.69) is 37.4 Å². The molecule has 2 rings (SSSR count). The number of rotatable bonds is 3. The van der Waals surface area contributed by atoms with Gasteiger partial charge in [-0.2, -0.15) is 0 Å². The molecule has 0 aliphatic carbocycles. The Morgan fingerprint density at radius 3 is 2.88 bits per heavy atom. The molecule has 0 fully saturated rings. The van der Waals surface area contributed by atoms with E-state index in [-0.39, 0.29) is 5.91 Å². The quantitative estimate of drug-likeness (QED) is 0.866. The number of nitrogens with one attached hydrogen (secondary N) is 1. The molecule has 0 saturated heterocycles. The molecule has 4 heteroatoms. The van der Waals surface area contributed by atoms with Crippen LogP contribution in [0.1, 0.15) is 25.3 Å². The second kappa shape index (κ2) is 5.10. The largest absolute Gasteiger partial charge is 0.330 e. The van der Waals surface area contributed by atoms with E-state index in [1.54, 1.807) is 11.8 Å². The SMILES string of the molecule is CC(C)C(CN)c1ccc2c(c1)NC(=O)CS2. The average molecular weight is 250 g/mol. The number of thioether (sulfide) groups is 1. The predicted octanol–water partition coefficient (Wildman–Crippen LogP) is 2.43. The van der Waals surface area contributed by atoms with Crippen molar-refractivity contribution in [2.75, 3.05) is 17.6 Å². The van der Waals surface area contributed by atoms with Gasteiger partial charge in [-0.3, -0.25) is 4.79 Å². The van der Waals surface area contributed by atoms with Gasteiger partial charge >= 0.3 is 0 Å². The number of nitrogens with two attached hydrogens (primary N) is 1. The van der Waals surface area contributed by atoms with E-state index in [4.69, 9.17) is 5.73 Å². The monoisotopic (exact) mass is 250 g/mol. The zero-order chi connectivity index (χ0) is 12.4. The van der Waals surface area contributed by atoms with E-state index in [0.29, 0.717) is 24.1 Å². The molecule has 1 atom stereocenters. The lowest BCUT2D eigenvalue weighted by Gasteiger charge is -2.23. The van der Waals surface area contributed by atoms with Crippen molar-refractivity contribution in [1.82, 2.24) is 0 Å². The maximum atomic E-state index is 11.4. The molecule has 1 unspecified atom stereocenters. The Balaban J connectivity index is 2.32. The van der Waals surface area contributed by atoms with Gasteiger partial charge in [0.2, 0.25) is 5.91 Å². The summed E-state index contributed by atoms with van der Waals surface area (Å²) >= 11 is 1.59. The van der Waals surface area contributed by atoms with E-state index in [1.807, 2.05) is 0 Å². The maximum absolute atomic E-state index is 11.4. The number of carbonyl (C=O) groups is 1. The molecule has 0 bridgehead atoms. The maximum Gasteiger partial charge on any atom is 0.234 e. The Labute approximate surface area is 106 Å². The second-order valence-corrected chi connectivity index (χ2v) is 5.70. The molecule has 3 N–H and O–H groups in total. The zero-order valence-corrected chi connectivity index (χ0v) is 11.0. The summed E-state index contributed by atoms with van der Waals surface area (Å²) in [5, 5.41) is 2.92. The highest BCUT2D eigenvalue weighted by Gasteiger charge is 2.19. The molecule has 17 heavy (non-hydrogen) atoms. The molecular weight excluding hydrogens is 232 g/mol. The van der Waals surface area contributed by atoms with Gasteiger partial charge in [-0.15, -0.1) is 11.8 Å².